The molecule has 1 aromatic rings. The van der Waals surface area contributed by atoms with Crippen LogP contribution in [0.25, 0.3) is 0 Å². The maximum absolute atomic E-state index is 12.8. The van der Waals surface area contributed by atoms with Crippen molar-refractivity contribution < 1.29 is 13.2 Å². The fraction of sp³-hybridized carbons (Fsp3) is 0.571. The molecule has 1 unspecified atom stereocenters. The van der Waals surface area contributed by atoms with Crippen molar-refractivity contribution >= 4 is 22.4 Å². The molecular weight excluding hydrogens is 312 g/mol. The molecule has 120 valence electrons. The van der Waals surface area contributed by atoms with Crippen LogP contribution < -0.4 is 10.5 Å². The summed E-state index contributed by atoms with van der Waals surface area (Å²) in [5.74, 6) is 0.426. The van der Waals surface area contributed by atoms with Crippen molar-refractivity contribution in [1.82, 2.24) is 4.31 Å². The number of hydrogen-bond donors (Lipinski definition) is 1. The second-order valence-electron chi connectivity index (χ2n) is 5.38. The minimum absolute atomic E-state index is 0. The van der Waals surface area contributed by atoms with E-state index in [1.165, 1.54) is 11.4 Å². The van der Waals surface area contributed by atoms with Crippen molar-refractivity contribution in [1.29, 1.82) is 0 Å². The minimum atomic E-state index is -3.55. The van der Waals surface area contributed by atoms with Crippen molar-refractivity contribution in [3.63, 3.8) is 0 Å². The van der Waals surface area contributed by atoms with Gasteiger partial charge in [0.05, 0.1) is 7.11 Å². The fourth-order valence-electron chi connectivity index (χ4n) is 2.70. The fourth-order valence-corrected chi connectivity index (χ4v) is 4.55. The normalized spacial score (nSPS) is 19.9. The van der Waals surface area contributed by atoms with Crippen LogP contribution in [0, 0.1) is 13.8 Å². The number of halogens is 1. The Kier molecular flexibility index (Phi) is 6.04. The summed E-state index contributed by atoms with van der Waals surface area (Å²) in [7, 11) is -2.06. The zero-order valence-corrected chi connectivity index (χ0v) is 14.3. The molecular formula is C14H23ClN2O3S. The molecule has 1 saturated heterocycles. The van der Waals surface area contributed by atoms with Gasteiger partial charge in [-0.15, -0.1) is 12.4 Å². The quantitative estimate of drug-likeness (QED) is 0.915. The van der Waals surface area contributed by atoms with E-state index in [2.05, 4.69) is 0 Å². The van der Waals surface area contributed by atoms with Crippen LogP contribution in [0.15, 0.2) is 17.0 Å². The minimum Gasteiger partial charge on any atom is -0.495 e. The standard InChI is InChI=1S/C14H22N2O3S.ClH/c1-10-7-11(2)14(19-3)13(8-10)20(17,18)16-6-4-5-12(15)9-16;/h7-8,12H,4-6,9,15H2,1-3H3;1H. The Morgan fingerprint density at radius 2 is 2.00 bits per heavy atom. The largest absolute Gasteiger partial charge is 0.495 e. The van der Waals surface area contributed by atoms with E-state index in [-0.39, 0.29) is 23.3 Å². The summed E-state index contributed by atoms with van der Waals surface area (Å²) in [6.45, 7) is 4.63. The molecule has 1 fully saturated rings. The first-order chi connectivity index (χ1) is 9.36. The number of aryl methyl sites for hydroxylation is 2. The summed E-state index contributed by atoms with van der Waals surface area (Å²) in [6.07, 6.45) is 1.67. The van der Waals surface area contributed by atoms with Gasteiger partial charge >= 0.3 is 0 Å². The lowest BCUT2D eigenvalue weighted by molar-refractivity contribution is 0.314. The summed E-state index contributed by atoms with van der Waals surface area (Å²) in [6, 6.07) is 3.50. The average molecular weight is 335 g/mol. The molecule has 5 nitrogen and oxygen atoms in total. The molecule has 1 heterocycles. The number of benzene rings is 1. The van der Waals surface area contributed by atoms with Crippen LogP contribution in [-0.4, -0.2) is 39.0 Å². The Morgan fingerprint density at radius 1 is 1.33 bits per heavy atom. The molecule has 2 N–H and O–H groups in total. The number of nitrogens with two attached hydrogens (primary N) is 1. The molecule has 0 aromatic heterocycles. The lowest BCUT2D eigenvalue weighted by atomic mass is 10.1. The van der Waals surface area contributed by atoms with E-state index >= 15 is 0 Å². The Balaban J connectivity index is 0.00000220. The molecule has 0 radical (unpaired) electrons. The van der Waals surface area contributed by atoms with Crippen LogP contribution in [0.3, 0.4) is 0 Å². The topological polar surface area (TPSA) is 72.6 Å². The van der Waals surface area contributed by atoms with Gasteiger partial charge < -0.3 is 10.5 Å². The highest BCUT2D eigenvalue weighted by atomic mass is 35.5. The average Bonchev–Trinajstić information content (AvgIpc) is 2.38. The second-order valence-corrected chi connectivity index (χ2v) is 7.28. The van der Waals surface area contributed by atoms with Crippen LogP contribution in [0.4, 0.5) is 0 Å². The highest BCUT2D eigenvalue weighted by Crippen LogP contribution is 2.32. The van der Waals surface area contributed by atoms with Crippen LogP contribution in [0.2, 0.25) is 0 Å². The predicted molar refractivity (Wildman–Crippen MR) is 85.7 cm³/mol. The number of nitrogens with zero attached hydrogens (tertiary/aromatic N) is 1. The van der Waals surface area contributed by atoms with Gasteiger partial charge in [-0.1, -0.05) is 6.07 Å². The summed E-state index contributed by atoms with van der Waals surface area (Å²) in [4.78, 5) is 0.242. The first kappa shape index (κ1) is 18.2. The smallest absolute Gasteiger partial charge is 0.246 e. The van der Waals surface area contributed by atoms with E-state index in [0.29, 0.717) is 18.8 Å². The maximum Gasteiger partial charge on any atom is 0.246 e. The third-order valence-corrected chi connectivity index (χ3v) is 5.50. The van der Waals surface area contributed by atoms with Crippen molar-refractivity contribution in [3.8, 4) is 5.75 Å². The molecule has 1 aromatic carbocycles. The lowest BCUT2D eigenvalue weighted by Gasteiger charge is -2.30. The van der Waals surface area contributed by atoms with Crippen LogP contribution in [-0.2, 0) is 10.0 Å². The molecule has 1 atom stereocenters. The Labute approximate surface area is 132 Å². The van der Waals surface area contributed by atoms with Gasteiger partial charge in [-0.2, -0.15) is 4.31 Å². The summed E-state index contributed by atoms with van der Waals surface area (Å²) >= 11 is 0. The number of rotatable bonds is 3. The maximum atomic E-state index is 12.8. The monoisotopic (exact) mass is 334 g/mol. The molecule has 0 amide bonds. The molecule has 0 saturated carbocycles. The molecule has 0 spiro atoms. The zero-order chi connectivity index (χ0) is 14.9. The third kappa shape index (κ3) is 3.69. The molecule has 2 rings (SSSR count). The number of hydrogen-bond acceptors (Lipinski definition) is 4. The van der Waals surface area contributed by atoms with Crippen LogP contribution in [0.1, 0.15) is 24.0 Å². The van der Waals surface area contributed by atoms with Crippen LogP contribution in [0.5, 0.6) is 5.75 Å². The molecule has 0 aliphatic carbocycles. The molecule has 1 aliphatic heterocycles. The summed E-state index contributed by atoms with van der Waals surface area (Å²) in [5.41, 5.74) is 7.62. The van der Waals surface area contributed by atoms with Gasteiger partial charge in [-0.3, -0.25) is 0 Å². The Morgan fingerprint density at radius 3 is 2.57 bits per heavy atom. The lowest BCUT2D eigenvalue weighted by Crippen LogP contribution is -2.45. The number of methoxy groups -OCH3 is 1. The van der Waals surface area contributed by atoms with Gasteiger partial charge in [0.15, 0.2) is 0 Å². The van der Waals surface area contributed by atoms with Gasteiger partial charge in [0.25, 0.3) is 0 Å². The van der Waals surface area contributed by atoms with Gasteiger partial charge in [0.2, 0.25) is 10.0 Å². The number of ether oxygens (including phenoxy) is 1. The van der Waals surface area contributed by atoms with E-state index < -0.39 is 10.0 Å². The van der Waals surface area contributed by atoms with Gasteiger partial charge in [0.1, 0.15) is 10.6 Å². The number of sulfonamides is 1. The highest BCUT2D eigenvalue weighted by Gasteiger charge is 2.31. The van der Waals surface area contributed by atoms with Crippen molar-refractivity contribution in [2.75, 3.05) is 20.2 Å². The van der Waals surface area contributed by atoms with Gasteiger partial charge in [-0.25, -0.2) is 8.42 Å². The van der Waals surface area contributed by atoms with Gasteiger partial charge in [0, 0.05) is 19.1 Å². The van der Waals surface area contributed by atoms with Crippen molar-refractivity contribution in [3.05, 3.63) is 23.3 Å². The van der Waals surface area contributed by atoms with Crippen molar-refractivity contribution in [2.45, 2.75) is 37.6 Å². The molecule has 1 aliphatic rings. The number of piperidine rings is 1. The molecule has 7 heteroatoms. The Hall–Kier alpha value is -0.820. The first-order valence-electron chi connectivity index (χ1n) is 6.77. The first-order valence-corrected chi connectivity index (χ1v) is 8.21. The second kappa shape index (κ2) is 6.96. The van der Waals surface area contributed by atoms with Crippen molar-refractivity contribution in [2.24, 2.45) is 5.73 Å². The molecule has 21 heavy (non-hydrogen) atoms. The highest BCUT2D eigenvalue weighted by molar-refractivity contribution is 7.89. The van der Waals surface area contributed by atoms with E-state index in [1.807, 2.05) is 19.9 Å². The molecule has 0 bridgehead atoms. The van der Waals surface area contributed by atoms with E-state index in [0.717, 1.165) is 24.0 Å². The summed E-state index contributed by atoms with van der Waals surface area (Å²) in [5, 5.41) is 0. The van der Waals surface area contributed by atoms with E-state index in [4.69, 9.17) is 10.5 Å². The van der Waals surface area contributed by atoms with E-state index in [9.17, 15) is 8.42 Å². The predicted octanol–water partition coefficient (Wildman–Crippen LogP) is 1.85. The SMILES string of the molecule is COc1c(C)cc(C)cc1S(=O)(=O)N1CCCC(N)C1.Cl. The third-order valence-electron chi connectivity index (χ3n) is 3.63. The zero-order valence-electron chi connectivity index (χ0n) is 12.6. The van der Waals surface area contributed by atoms with E-state index in [1.54, 1.807) is 6.07 Å². The Bertz CT molecular complexity index is 604. The van der Waals surface area contributed by atoms with Crippen LogP contribution >= 0.6 is 12.4 Å². The summed E-state index contributed by atoms with van der Waals surface area (Å²) < 4.78 is 32.4. The van der Waals surface area contributed by atoms with Gasteiger partial charge in [-0.05, 0) is 43.9 Å².